The summed E-state index contributed by atoms with van der Waals surface area (Å²) in [6.45, 7) is 12.4. The van der Waals surface area contributed by atoms with Crippen molar-refractivity contribution in [1.82, 2.24) is 4.57 Å². The molecule has 0 N–H and O–H groups in total. The van der Waals surface area contributed by atoms with Gasteiger partial charge in [-0.25, -0.2) is 0 Å². The summed E-state index contributed by atoms with van der Waals surface area (Å²) in [4.78, 5) is 0. The Morgan fingerprint density at radius 2 is 1.07 bits per heavy atom. The van der Waals surface area contributed by atoms with Gasteiger partial charge < -0.3 is 4.57 Å². The lowest BCUT2D eigenvalue weighted by atomic mass is 9.52. The molecule has 0 amide bonds. The Hall–Kier alpha value is -5.66. The number of aromatic nitrogens is 1. The number of fused-ring (bicyclic) bond motifs is 7. The van der Waals surface area contributed by atoms with Gasteiger partial charge in [0.2, 0.25) is 0 Å². The van der Waals surface area contributed by atoms with E-state index < -0.39 is 0 Å². The molecule has 54 heavy (non-hydrogen) atoms. The first-order valence-electron chi connectivity index (χ1n) is 19.8. The molecule has 0 saturated carbocycles. The van der Waals surface area contributed by atoms with Crippen LogP contribution < -0.4 is 0 Å². The quantitative estimate of drug-likeness (QED) is 0.159. The van der Waals surface area contributed by atoms with Crippen LogP contribution >= 0.6 is 0 Å². The SMILES string of the molecule is CC1C=C2C3C4=C1C(C)(c1ccc(-n5c6ccccc6c6ccccc6c6ccccc6c6ccccc65)cc1)C=CC4(C)Cc1cccc(c13)C2(C)C. The van der Waals surface area contributed by atoms with Crippen LogP contribution in [0.5, 0.6) is 0 Å². The normalized spacial score (nSPS) is 24.6. The molecule has 0 bridgehead atoms. The molecule has 1 nitrogen and oxygen atoms in total. The summed E-state index contributed by atoms with van der Waals surface area (Å²) < 4.78 is 2.49. The van der Waals surface area contributed by atoms with Gasteiger partial charge in [-0.1, -0.05) is 167 Å². The third kappa shape index (κ3) is 4.10. The molecule has 0 spiro atoms. The molecule has 6 aromatic carbocycles. The lowest BCUT2D eigenvalue weighted by Gasteiger charge is -2.52. The summed E-state index contributed by atoms with van der Waals surface area (Å²) in [7, 11) is 0. The van der Waals surface area contributed by atoms with E-state index in [1.54, 1.807) is 27.8 Å². The van der Waals surface area contributed by atoms with Gasteiger partial charge in [-0.2, -0.15) is 0 Å². The fourth-order valence-corrected chi connectivity index (χ4v) is 11.5. The van der Waals surface area contributed by atoms with Crippen LogP contribution in [0.25, 0.3) is 49.0 Å². The Labute approximate surface area is 318 Å². The van der Waals surface area contributed by atoms with Crippen molar-refractivity contribution in [3.8, 4) is 5.69 Å². The number of rotatable bonds is 2. The van der Waals surface area contributed by atoms with Crippen LogP contribution in [0.4, 0.5) is 0 Å². The largest absolute Gasteiger partial charge is 0.309 e. The Kier molecular flexibility index (Phi) is 6.46. The van der Waals surface area contributed by atoms with E-state index in [9.17, 15) is 0 Å². The van der Waals surface area contributed by atoms with Crippen molar-refractivity contribution in [2.75, 3.05) is 0 Å². The van der Waals surface area contributed by atoms with Gasteiger partial charge in [0.15, 0.2) is 0 Å². The molecule has 4 aliphatic rings. The van der Waals surface area contributed by atoms with E-state index in [0.717, 1.165) is 12.1 Å². The minimum atomic E-state index is -0.213. The van der Waals surface area contributed by atoms with E-state index in [0.29, 0.717) is 11.8 Å². The molecule has 7 aromatic rings. The van der Waals surface area contributed by atoms with E-state index >= 15 is 0 Å². The topological polar surface area (TPSA) is 4.93 Å². The van der Waals surface area contributed by atoms with Gasteiger partial charge in [0.25, 0.3) is 0 Å². The zero-order chi connectivity index (χ0) is 36.6. The van der Waals surface area contributed by atoms with Gasteiger partial charge in [0.05, 0.1) is 11.0 Å². The van der Waals surface area contributed by atoms with Gasteiger partial charge in [0.1, 0.15) is 0 Å². The van der Waals surface area contributed by atoms with Crippen LogP contribution in [0.15, 0.2) is 174 Å². The van der Waals surface area contributed by atoms with Crippen molar-refractivity contribution in [1.29, 1.82) is 0 Å². The third-order valence-corrected chi connectivity index (χ3v) is 13.9. The van der Waals surface area contributed by atoms with Crippen molar-refractivity contribution < 1.29 is 0 Å². The molecule has 1 aromatic heterocycles. The third-order valence-electron chi connectivity index (χ3n) is 13.9. The van der Waals surface area contributed by atoms with Crippen molar-refractivity contribution in [3.05, 3.63) is 197 Å². The number of hydrogen-bond acceptors (Lipinski definition) is 0. The van der Waals surface area contributed by atoms with E-state index in [4.69, 9.17) is 0 Å². The first-order valence-corrected chi connectivity index (χ1v) is 19.8. The van der Waals surface area contributed by atoms with Gasteiger partial charge in [-0.15, -0.1) is 0 Å². The highest BCUT2D eigenvalue weighted by molar-refractivity contribution is 6.19. The molecule has 0 radical (unpaired) electrons. The summed E-state index contributed by atoms with van der Waals surface area (Å²) >= 11 is 0. The highest BCUT2D eigenvalue weighted by Crippen LogP contribution is 2.67. The maximum absolute atomic E-state index is 2.65. The second-order valence-corrected chi connectivity index (χ2v) is 17.3. The van der Waals surface area contributed by atoms with Gasteiger partial charge in [-0.3, -0.25) is 0 Å². The van der Waals surface area contributed by atoms with Gasteiger partial charge in [-0.05, 0) is 98.5 Å². The van der Waals surface area contributed by atoms with Gasteiger partial charge >= 0.3 is 0 Å². The smallest absolute Gasteiger partial charge is 0.0540 e. The monoisotopic (exact) mass is 695 g/mol. The first-order chi connectivity index (χ1) is 26.2. The average molecular weight is 696 g/mol. The summed E-state index contributed by atoms with van der Waals surface area (Å²) in [5.74, 6) is 0.732. The predicted molar refractivity (Wildman–Crippen MR) is 228 cm³/mol. The predicted octanol–water partition coefficient (Wildman–Crippen LogP) is 13.6. The highest BCUT2D eigenvalue weighted by atomic mass is 15.0. The standard InChI is InChI=1S/C53H45N/c1-33-31-44-48-47-34(15-14-22-43(47)51(44,2)3)32-52(4)29-30-53(5,49(33)50(48)52)35-25-27-36(28-26-35)54-45-23-12-10-20-41(45)39-18-8-6-16-37(39)38-17-7-9-19-40(38)42-21-11-13-24-46(42)54/h6-31,33,48H,32H2,1-5H3. The first kappa shape index (κ1) is 31.8. The minimum absolute atomic E-state index is 0.0162. The summed E-state index contributed by atoms with van der Waals surface area (Å²) in [6.07, 6.45) is 8.87. The fourth-order valence-electron chi connectivity index (χ4n) is 11.5. The molecule has 0 fully saturated rings. The van der Waals surface area contributed by atoms with Crippen LogP contribution in [0.2, 0.25) is 0 Å². The van der Waals surface area contributed by atoms with Crippen molar-refractivity contribution in [2.45, 2.75) is 57.8 Å². The summed E-state index contributed by atoms with van der Waals surface area (Å²) in [5, 5.41) is 7.47. The molecule has 4 atom stereocenters. The molecule has 11 rings (SSSR count). The van der Waals surface area contributed by atoms with Crippen LogP contribution in [0.3, 0.4) is 0 Å². The highest BCUT2D eigenvalue weighted by Gasteiger charge is 2.56. The zero-order valence-corrected chi connectivity index (χ0v) is 31.8. The van der Waals surface area contributed by atoms with Crippen molar-refractivity contribution in [2.24, 2.45) is 11.3 Å². The van der Waals surface area contributed by atoms with Crippen LogP contribution in [0, 0.1) is 11.3 Å². The summed E-state index contributed by atoms with van der Waals surface area (Å²) in [6, 6.07) is 52.3. The number of hydrogen-bond donors (Lipinski definition) is 0. The van der Waals surface area contributed by atoms with Crippen LogP contribution in [-0.2, 0) is 17.3 Å². The average Bonchev–Trinajstić information content (AvgIpc) is 3.44. The minimum Gasteiger partial charge on any atom is -0.309 e. The van der Waals surface area contributed by atoms with E-state index in [1.807, 2.05) is 0 Å². The molecular formula is C53H45N. The molecule has 0 saturated heterocycles. The second-order valence-electron chi connectivity index (χ2n) is 17.3. The lowest BCUT2D eigenvalue weighted by molar-refractivity contribution is 0.399. The van der Waals surface area contributed by atoms with Crippen LogP contribution in [0.1, 0.15) is 62.8 Å². The van der Waals surface area contributed by atoms with Gasteiger partial charge in [0, 0.05) is 38.6 Å². The van der Waals surface area contributed by atoms with Crippen molar-refractivity contribution >= 4 is 43.4 Å². The molecule has 1 heteroatoms. The number of allylic oxidation sites excluding steroid dienone is 6. The van der Waals surface area contributed by atoms with Crippen LogP contribution in [-0.4, -0.2) is 4.57 Å². The Morgan fingerprint density at radius 1 is 0.537 bits per heavy atom. The second kappa shape index (κ2) is 11.0. The van der Waals surface area contributed by atoms with E-state index in [-0.39, 0.29) is 16.2 Å². The maximum atomic E-state index is 2.65. The van der Waals surface area contributed by atoms with E-state index in [2.05, 4.69) is 197 Å². The van der Waals surface area contributed by atoms with E-state index in [1.165, 1.54) is 54.5 Å². The Balaban J connectivity index is 1.16. The lowest BCUT2D eigenvalue weighted by Crippen LogP contribution is -2.42. The molecule has 4 aliphatic carbocycles. The molecule has 4 unspecified atom stereocenters. The Bertz CT molecular complexity index is 2820. The number of benzene rings is 6. The molecule has 262 valence electrons. The van der Waals surface area contributed by atoms with Crippen molar-refractivity contribution in [3.63, 3.8) is 0 Å². The number of nitrogens with zero attached hydrogens (tertiary/aromatic N) is 1. The Morgan fingerprint density at radius 3 is 1.67 bits per heavy atom. The number of para-hydroxylation sites is 2. The molecule has 1 heterocycles. The molecular weight excluding hydrogens is 651 g/mol. The zero-order valence-electron chi connectivity index (χ0n) is 31.8. The maximum Gasteiger partial charge on any atom is 0.0540 e. The fraction of sp³-hybridized carbons (Fsp3) is 0.208. The summed E-state index contributed by atoms with van der Waals surface area (Å²) in [5.41, 5.74) is 14.3. The molecule has 0 aliphatic heterocycles.